The van der Waals surface area contributed by atoms with Crippen LogP contribution in [0.5, 0.6) is 0 Å². The Morgan fingerprint density at radius 2 is 2.00 bits per heavy atom. The fourth-order valence-corrected chi connectivity index (χ4v) is 0.794. The molecule has 1 aromatic rings. The predicted molar refractivity (Wildman–Crippen MR) is 46.8 cm³/mol. The molecule has 3 nitrogen and oxygen atoms in total. The van der Waals surface area contributed by atoms with Crippen LogP contribution in [0, 0.1) is 17.0 Å². The van der Waals surface area contributed by atoms with Gasteiger partial charge in [0.25, 0.3) is 0 Å². The van der Waals surface area contributed by atoms with Gasteiger partial charge in [-0.1, -0.05) is 30.3 Å². The second kappa shape index (κ2) is 3.67. The van der Waals surface area contributed by atoms with E-state index in [1.54, 1.807) is 12.1 Å². The van der Waals surface area contributed by atoms with Crippen molar-refractivity contribution in [2.24, 2.45) is 0 Å². The van der Waals surface area contributed by atoms with Crippen LogP contribution in [-0.4, -0.2) is 4.92 Å². The van der Waals surface area contributed by atoms with Gasteiger partial charge < -0.3 is 0 Å². The third-order valence-corrected chi connectivity index (χ3v) is 1.37. The standard InChI is InChI=1S/C9H8NO2/c1-8(10(11)12)7-9-5-3-2-4-6-9/h2-7H,1H2. The normalized spacial score (nSPS) is 11.2. The highest BCUT2D eigenvalue weighted by molar-refractivity contribution is 5.51. The lowest BCUT2D eigenvalue weighted by molar-refractivity contribution is -0.418. The van der Waals surface area contributed by atoms with E-state index in [0.29, 0.717) is 0 Å². The topological polar surface area (TPSA) is 43.1 Å². The minimum atomic E-state index is -0.507. The Bertz CT molecular complexity index is 304. The van der Waals surface area contributed by atoms with Crippen molar-refractivity contribution in [3.63, 3.8) is 0 Å². The summed E-state index contributed by atoms with van der Waals surface area (Å²) in [6.45, 7) is 3.29. The molecule has 0 bridgehead atoms. The number of nitro groups is 1. The molecule has 0 fully saturated rings. The van der Waals surface area contributed by atoms with Gasteiger partial charge in [-0.25, -0.2) is 0 Å². The first-order chi connectivity index (χ1) is 5.70. The van der Waals surface area contributed by atoms with Gasteiger partial charge in [-0.15, -0.1) is 0 Å². The Hall–Kier alpha value is -1.64. The van der Waals surface area contributed by atoms with Gasteiger partial charge in [-0.05, 0) is 5.56 Å². The molecule has 0 aliphatic carbocycles. The third-order valence-electron chi connectivity index (χ3n) is 1.37. The molecule has 1 aromatic carbocycles. The molecule has 0 aliphatic heterocycles. The second-order valence-corrected chi connectivity index (χ2v) is 2.30. The second-order valence-electron chi connectivity index (χ2n) is 2.30. The van der Waals surface area contributed by atoms with E-state index in [1.165, 1.54) is 6.08 Å². The van der Waals surface area contributed by atoms with Crippen LogP contribution in [0.15, 0.2) is 36.0 Å². The fraction of sp³-hybridized carbons (Fsp3) is 0. The van der Waals surface area contributed by atoms with Crippen molar-refractivity contribution in [2.75, 3.05) is 0 Å². The first-order valence-corrected chi connectivity index (χ1v) is 3.43. The van der Waals surface area contributed by atoms with Crippen LogP contribution in [0.1, 0.15) is 5.56 Å². The van der Waals surface area contributed by atoms with Crippen molar-refractivity contribution in [3.8, 4) is 0 Å². The van der Waals surface area contributed by atoms with E-state index in [2.05, 4.69) is 6.92 Å². The highest BCUT2D eigenvalue weighted by Gasteiger charge is 2.00. The summed E-state index contributed by atoms with van der Waals surface area (Å²) in [6, 6.07) is 9.06. The molecule has 0 saturated carbocycles. The summed E-state index contributed by atoms with van der Waals surface area (Å²) in [5.74, 6) is 0. The summed E-state index contributed by atoms with van der Waals surface area (Å²) in [7, 11) is 0. The number of benzene rings is 1. The van der Waals surface area contributed by atoms with E-state index in [4.69, 9.17) is 0 Å². The van der Waals surface area contributed by atoms with Gasteiger partial charge in [0.1, 0.15) is 0 Å². The minimum Gasteiger partial charge on any atom is -0.259 e. The van der Waals surface area contributed by atoms with E-state index < -0.39 is 4.92 Å². The lowest BCUT2D eigenvalue weighted by Crippen LogP contribution is -1.92. The fourth-order valence-electron chi connectivity index (χ4n) is 0.794. The van der Waals surface area contributed by atoms with Crippen molar-refractivity contribution in [3.05, 3.63) is 58.6 Å². The van der Waals surface area contributed by atoms with Gasteiger partial charge in [-0.2, -0.15) is 0 Å². The molecular formula is C9H8NO2. The lowest BCUT2D eigenvalue weighted by Gasteiger charge is -1.91. The zero-order valence-corrected chi connectivity index (χ0v) is 6.43. The Balaban J connectivity index is 2.89. The average Bonchev–Trinajstić information content (AvgIpc) is 2.06. The van der Waals surface area contributed by atoms with Crippen LogP contribution in [0.25, 0.3) is 6.08 Å². The summed E-state index contributed by atoms with van der Waals surface area (Å²) in [4.78, 5) is 9.67. The number of nitrogens with zero attached hydrogens (tertiary/aromatic N) is 1. The Kier molecular flexibility index (Phi) is 2.58. The zero-order chi connectivity index (χ0) is 8.97. The SMILES string of the molecule is [CH2]C(=Cc1ccccc1)[N+](=O)[O-]. The molecule has 61 valence electrons. The number of allylic oxidation sites excluding steroid dienone is 1. The minimum absolute atomic E-state index is 0.0961. The van der Waals surface area contributed by atoms with Crippen LogP contribution in [-0.2, 0) is 0 Å². The van der Waals surface area contributed by atoms with Crippen molar-refractivity contribution < 1.29 is 4.92 Å². The quantitative estimate of drug-likeness (QED) is 0.494. The van der Waals surface area contributed by atoms with Crippen molar-refractivity contribution >= 4 is 6.08 Å². The maximum absolute atomic E-state index is 10.2. The van der Waals surface area contributed by atoms with Gasteiger partial charge in [0.15, 0.2) is 0 Å². The van der Waals surface area contributed by atoms with E-state index in [9.17, 15) is 10.1 Å². The zero-order valence-electron chi connectivity index (χ0n) is 6.43. The average molecular weight is 162 g/mol. The summed E-state index contributed by atoms with van der Waals surface area (Å²) >= 11 is 0. The molecule has 0 saturated heterocycles. The molecule has 0 aliphatic rings. The van der Waals surface area contributed by atoms with Crippen molar-refractivity contribution in [2.45, 2.75) is 0 Å². The van der Waals surface area contributed by atoms with E-state index in [-0.39, 0.29) is 5.70 Å². The monoisotopic (exact) mass is 162 g/mol. The summed E-state index contributed by atoms with van der Waals surface area (Å²) in [6.07, 6.45) is 1.43. The third kappa shape index (κ3) is 2.20. The Labute approximate surface area is 70.5 Å². The van der Waals surface area contributed by atoms with Crippen LogP contribution in [0.3, 0.4) is 0 Å². The molecule has 0 heterocycles. The number of rotatable bonds is 2. The molecule has 3 heteroatoms. The van der Waals surface area contributed by atoms with Gasteiger partial charge in [0.05, 0.1) is 4.92 Å². The molecule has 0 aromatic heterocycles. The highest BCUT2D eigenvalue weighted by Crippen LogP contribution is 2.05. The molecule has 0 atom stereocenters. The molecule has 12 heavy (non-hydrogen) atoms. The molecule has 0 N–H and O–H groups in total. The van der Waals surface area contributed by atoms with E-state index in [1.807, 2.05) is 18.2 Å². The van der Waals surface area contributed by atoms with Crippen molar-refractivity contribution in [1.82, 2.24) is 0 Å². The highest BCUT2D eigenvalue weighted by atomic mass is 16.6. The van der Waals surface area contributed by atoms with Crippen molar-refractivity contribution in [1.29, 1.82) is 0 Å². The van der Waals surface area contributed by atoms with Crippen LogP contribution < -0.4 is 0 Å². The summed E-state index contributed by atoms with van der Waals surface area (Å²) < 4.78 is 0. The Morgan fingerprint density at radius 1 is 1.42 bits per heavy atom. The molecule has 1 rings (SSSR count). The number of hydrogen-bond acceptors (Lipinski definition) is 2. The van der Waals surface area contributed by atoms with Crippen LogP contribution in [0.2, 0.25) is 0 Å². The molecular weight excluding hydrogens is 154 g/mol. The van der Waals surface area contributed by atoms with Crippen LogP contribution in [0.4, 0.5) is 0 Å². The number of hydrogen-bond donors (Lipinski definition) is 0. The lowest BCUT2D eigenvalue weighted by atomic mass is 10.2. The van der Waals surface area contributed by atoms with E-state index in [0.717, 1.165) is 5.56 Å². The first kappa shape index (κ1) is 8.46. The van der Waals surface area contributed by atoms with Crippen LogP contribution >= 0.6 is 0 Å². The molecule has 0 spiro atoms. The summed E-state index contributed by atoms with van der Waals surface area (Å²) in [5, 5.41) is 10.2. The van der Waals surface area contributed by atoms with Gasteiger partial charge in [0.2, 0.25) is 5.70 Å². The van der Waals surface area contributed by atoms with E-state index >= 15 is 0 Å². The molecule has 0 unspecified atom stereocenters. The summed E-state index contributed by atoms with van der Waals surface area (Å²) in [5.41, 5.74) is 0.695. The largest absolute Gasteiger partial charge is 0.259 e. The maximum Gasteiger partial charge on any atom is 0.247 e. The molecule has 0 amide bonds. The first-order valence-electron chi connectivity index (χ1n) is 3.43. The smallest absolute Gasteiger partial charge is 0.247 e. The Morgan fingerprint density at radius 3 is 2.50 bits per heavy atom. The van der Waals surface area contributed by atoms with Gasteiger partial charge >= 0.3 is 0 Å². The van der Waals surface area contributed by atoms with Gasteiger partial charge in [-0.3, -0.25) is 10.1 Å². The van der Waals surface area contributed by atoms with Gasteiger partial charge in [0, 0.05) is 13.0 Å². The predicted octanol–water partition coefficient (Wildman–Crippen LogP) is 2.14. The maximum atomic E-state index is 10.2. The molecule has 1 radical (unpaired) electrons.